The van der Waals surface area contributed by atoms with E-state index in [2.05, 4.69) is 9.88 Å². The number of aryl methyl sites for hydroxylation is 1. The predicted octanol–water partition coefficient (Wildman–Crippen LogP) is 3.19. The highest BCUT2D eigenvalue weighted by Gasteiger charge is 2.26. The molecule has 7 nitrogen and oxygen atoms in total. The topological polar surface area (TPSA) is 73.8 Å². The number of carbonyl (C=O) groups is 1. The average molecular weight is 477 g/mol. The van der Waals surface area contributed by atoms with Crippen molar-refractivity contribution in [3.8, 4) is 0 Å². The molecule has 1 aromatic carbocycles. The van der Waals surface area contributed by atoms with Gasteiger partial charge in [0, 0.05) is 51.9 Å². The summed E-state index contributed by atoms with van der Waals surface area (Å²) in [6, 6.07) is 10.6. The van der Waals surface area contributed by atoms with E-state index in [9.17, 15) is 13.2 Å². The van der Waals surface area contributed by atoms with Crippen LogP contribution in [0.4, 0.5) is 5.82 Å². The molecule has 0 bridgehead atoms. The fourth-order valence-corrected chi connectivity index (χ4v) is 6.03. The Morgan fingerprint density at radius 3 is 2.28 bits per heavy atom. The lowest BCUT2D eigenvalue weighted by Gasteiger charge is -2.35. The number of sulfonamides is 1. The molecule has 0 saturated carbocycles. The Morgan fingerprint density at radius 2 is 1.62 bits per heavy atom. The van der Waals surface area contributed by atoms with E-state index >= 15 is 0 Å². The lowest BCUT2D eigenvalue weighted by molar-refractivity contribution is -0.131. The van der Waals surface area contributed by atoms with Crippen LogP contribution in [0, 0.1) is 0 Å². The molecule has 1 amide bonds. The van der Waals surface area contributed by atoms with E-state index in [1.54, 1.807) is 28.7 Å². The van der Waals surface area contributed by atoms with Gasteiger partial charge >= 0.3 is 0 Å². The second-order valence-electron chi connectivity index (χ2n) is 8.29. The van der Waals surface area contributed by atoms with Crippen molar-refractivity contribution < 1.29 is 13.2 Å². The maximum absolute atomic E-state index is 12.8. The van der Waals surface area contributed by atoms with Crippen molar-refractivity contribution in [1.82, 2.24) is 14.2 Å². The molecule has 0 spiro atoms. The number of hydrogen-bond donors (Lipinski definition) is 0. The van der Waals surface area contributed by atoms with Gasteiger partial charge in [0.25, 0.3) is 0 Å². The fraction of sp³-hybridized carbons (Fsp3) is 0.478. The number of halogens is 1. The van der Waals surface area contributed by atoms with Crippen LogP contribution in [0.15, 0.2) is 47.5 Å². The molecule has 2 fully saturated rings. The highest BCUT2D eigenvalue weighted by molar-refractivity contribution is 7.89. The van der Waals surface area contributed by atoms with Crippen molar-refractivity contribution in [3.05, 3.63) is 53.2 Å². The van der Waals surface area contributed by atoms with Crippen LogP contribution < -0.4 is 4.90 Å². The first-order chi connectivity index (χ1) is 15.4. The summed E-state index contributed by atoms with van der Waals surface area (Å²) in [5, 5.41) is 0.623. The Kier molecular flexibility index (Phi) is 7.33. The van der Waals surface area contributed by atoms with Gasteiger partial charge < -0.3 is 9.80 Å². The number of amides is 1. The highest BCUT2D eigenvalue weighted by atomic mass is 35.5. The predicted molar refractivity (Wildman–Crippen MR) is 125 cm³/mol. The zero-order valence-corrected chi connectivity index (χ0v) is 19.7. The van der Waals surface area contributed by atoms with E-state index in [1.165, 1.54) is 0 Å². The van der Waals surface area contributed by atoms with E-state index in [1.807, 2.05) is 23.1 Å². The first-order valence-electron chi connectivity index (χ1n) is 11.2. The van der Waals surface area contributed by atoms with Gasteiger partial charge in [-0.25, -0.2) is 13.4 Å². The number of nitrogens with zero attached hydrogens (tertiary/aromatic N) is 4. The molecule has 172 valence electrons. The SMILES string of the molecule is O=C(CCc1ccc(S(=O)(=O)N2CCCCC2)cc1)N1CCN(c2ncccc2Cl)CC1. The van der Waals surface area contributed by atoms with Gasteiger partial charge in [0.15, 0.2) is 0 Å². The van der Waals surface area contributed by atoms with Crippen molar-refractivity contribution in [3.63, 3.8) is 0 Å². The second kappa shape index (κ2) is 10.2. The molecule has 0 N–H and O–H groups in total. The standard InChI is InChI=1S/C23H29ClN4O3S/c24-21-5-4-12-25-23(21)27-17-15-26(16-18-27)22(29)11-8-19-6-9-20(10-7-19)32(30,31)28-13-2-1-3-14-28/h4-7,9-10,12H,1-3,8,11,13-18H2. The number of piperidine rings is 1. The Bertz CT molecular complexity index is 1030. The summed E-state index contributed by atoms with van der Waals surface area (Å²) in [7, 11) is -3.42. The third-order valence-electron chi connectivity index (χ3n) is 6.17. The molecular formula is C23H29ClN4O3S. The van der Waals surface area contributed by atoms with Crippen LogP contribution in [-0.2, 0) is 21.2 Å². The van der Waals surface area contributed by atoms with E-state index in [-0.39, 0.29) is 5.91 Å². The summed E-state index contributed by atoms with van der Waals surface area (Å²) in [6.45, 7) is 3.87. The normalized spacial score (nSPS) is 18.0. The van der Waals surface area contributed by atoms with Gasteiger partial charge in [-0.3, -0.25) is 4.79 Å². The summed E-state index contributed by atoms with van der Waals surface area (Å²) in [5.74, 6) is 0.877. The maximum atomic E-state index is 12.8. The van der Waals surface area contributed by atoms with Crippen molar-refractivity contribution in [2.75, 3.05) is 44.2 Å². The Morgan fingerprint density at radius 1 is 0.938 bits per heavy atom. The minimum Gasteiger partial charge on any atom is -0.352 e. The summed E-state index contributed by atoms with van der Waals surface area (Å²) in [5.41, 5.74) is 0.967. The number of rotatable bonds is 6. The molecule has 0 radical (unpaired) electrons. The summed E-state index contributed by atoms with van der Waals surface area (Å²) in [6.07, 6.45) is 5.65. The van der Waals surface area contributed by atoms with Gasteiger partial charge in [-0.15, -0.1) is 0 Å². The van der Waals surface area contributed by atoms with Crippen molar-refractivity contribution >= 4 is 33.3 Å². The van der Waals surface area contributed by atoms with E-state index in [4.69, 9.17) is 11.6 Å². The second-order valence-corrected chi connectivity index (χ2v) is 10.6. The summed E-state index contributed by atoms with van der Waals surface area (Å²) < 4.78 is 27.1. The van der Waals surface area contributed by atoms with Crippen molar-refractivity contribution in [2.45, 2.75) is 37.0 Å². The van der Waals surface area contributed by atoms with Crippen LogP contribution in [0.3, 0.4) is 0 Å². The quantitative estimate of drug-likeness (QED) is 0.640. The monoisotopic (exact) mass is 476 g/mol. The molecule has 0 unspecified atom stereocenters. The lowest BCUT2D eigenvalue weighted by Crippen LogP contribution is -2.49. The largest absolute Gasteiger partial charge is 0.352 e. The number of pyridine rings is 1. The van der Waals surface area contributed by atoms with Crippen LogP contribution in [-0.4, -0.2) is 67.8 Å². The number of carbonyl (C=O) groups excluding carboxylic acids is 1. The maximum Gasteiger partial charge on any atom is 0.243 e. The van der Waals surface area contributed by atoms with Crippen LogP contribution in [0.2, 0.25) is 5.02 Å². The van der Waals surface area contributed by atoms with Gasteiger partial charge in [0.2, 0.25) is 15.9 Å². The molecule has 2 aromatic rings. The van der Waals surface area contributed by atoms with Crippen LogP contribution in [0.25, 0.3) is 0 Å². The fourth-order valence-electron chi connectivity index (χ4n) is 4.27. The molecule has 3 heterocycles. The molecule has 2 saturated heterocycles. The zero-order chi connectivity index (χ0) is 22.6. The van der Waals surface area contributed by atoms with Gasteiger partial charge in [-0.1, -0.05) is 30.2 Å². The molecule has 32 heavy (non-hydrogen) atoms. The first-order valence-corrected chi connectivity index (χ1v) is 13.0. The highest BCUT2D eigenvalue weighted by Crippen LogP contribution is 2.24. The first kappa shape index (κ1) is 23.0. The number of hydrogen-bond acceptors (Lipinski definition) is 5. The van der Waals surface area contributed by atoms with Crippen molar-refractivity contribution in [2.24, 2.45) is 0 Å². The summed E-state index contributed by atoms with van der Waals surface area (Å²) in [4.78, 5) is 21.3. The minimum absolute atomic E-state index is 0.113. The van der Waals surface area contributed by atoms with Gasteiger partial charge in [-0.05, 0) is 49.1 Å². The number of benzene rings is 1. The van der Waals surface area contributed by atoms with Gasteiger partial charge in [0.05, 0.1) is 9.92 Å². The minimum atomic E-state index is -3.42. The molecule has 9 heteroatoms. The van der Waals surface area contributed by atoms with E-state index in [0.29, 0.717) is 62.0 Å². The Hall–Kier alpha value is -2.16. The molecule has 0 atom stereocenters. The molecule has 1 aromatic heterocycles. The molecule has 2 aliphatic rings. The third kappa shape index (κ3) is 5.24. The summed E-state index contributed by atoms with van der Waals surface area (Å²) >= 11 is 6.23. The molecule has 0 aliphatic carbocycles. The smallest absolute Gasteiger partial charge is 0.243 e. The zero-order valence-electron chi connectivity index (χ0n) is 18.1. The third-order valence-corrected chi connectivity index (χ3v) is 8.38. The Labute approximate surface area is 195 Å². The number of piperazine rings is 1. The molecule has 4 rings (SSSR count). The van der Waals surface area contributed by atoms with E-state index < -0.39 is 10.0 Å². The molecular weight excluding hydrogens is 448 g/mol. The van der Waals surface area contributed by atoms with E-state index in [0.717, 1.165) is 30.6 Å². The average Bonchev–Trinajstić information content (AvgIpc) is 2.84. The Balaban J connectivity index is 1.28. The van der Waals surface area contributed by atoms with Gasteiger partial charge in [-0.2, -0.15) is 4.31 Å². The van der Waals surface area contributed by atoms with Crippen LogP contribution in [0.5, 0.6) is 0 Å². The van der Waals surface area contributed by atoms with Crippen LogP contribution >= 0.6 is 11.6 Å². The van der Waals surface area contributed by atoms with Crippen LogP contribution in [0.1, 0.15) is 31.2 Å². The molecule has 2 aliphatic heterocycles. The van der Waals surface area contributed by atoms with Crippen molar-refractivity contribution in [1.29, 1.82) is 0 Å². The number of aromatic nitrogens is 1. The van der Waals surface area contributed by atoms with Gasteiger partial charge in [0.1, 0.15) is 5.82 Å². The lowest BCUT2D eigenvalue weighted by atomic mass is 10.1. The number of anilines is 1.